The van der Waals surface area contributed by atoms with E-state index < -0.39 is 0 Å². The highest BCUT2D eigenvalue weighted by Gasteiger charge is 2.14. The zero-order chi connectivity index (χ0) is 15.7. The van der Waals surface area contributed by atoms with Gasteiger partial charge in [-0.3, -0.25) is 9.59 Å². The van der Waals surface area contributed by atoms with Gasteiger partial charge in [-0.15, -0.1) is 11.3 Å². The van der Waals surface area contributed by atoms with Gasteiger partial charge in [-0.1, -0.05) is 12.1 Å². The van der Waals surface area contributed by atoms with E-state index in [9.17, 15) is 9.59 Å². The Balaban J connectivity index is 2.04. The first-order valence-corrected chi connectivity index (χ1v) is 7.92. The number of carbonyl (C=O) groups excluding carboxylic acids is 1. The molecule has 0 aliphatic rings. The van der Waals surface area contributed by atoms with Crippen LogP contribution in [0.25, 0.3) is 10.9 Å². The van der Waals surface area contributed by atoms with E-state index in [1.54, 1.807) is 36.5 Å². The van der Waals surface area contributed by atoms with Crippen LogP contribution in [0.5, 0.6) is 0 Å². The maximum absolute atomic E-state index is 12.6. The highest BCUT2D eigenvalue weighted by atomic mass is 32.1. The molecule has 3 rings (SSSR count). The fraction of sp³-hybridized carbons (Fsp3) is 0.176. The average molecular weight is 312 g/mol. The summed E-state index contributed by atoms with van der Waals surface area (Å²) in [5.74, 6) is -0.197. The molecule has 3 aromatic rings. The normalized spacial score (nSPS) is 11.0. The Morgan fingerprint density at radius 1 is 1.27 bits per heavy atom. The molecule has 112 valence electrons. The third-order valence-electron chi connectivity index (χ3n) is 3.62. The smallest absolute Gasteiger partial charge is 0.260 e. The third-order valence-corrected chi connectivity index (χ3v) is 4.56. The fourth-order valence-corrected chi connectivity index (χ4v) is 3.21. The molecule has 2 N–H and O–H groups in total. The van der Waals surface area contributed by atoms with Gasteiger partial charge >= 0.3 is 0 Å². The molecule has 2 heterocycles. The second-order valence-electron chi connectivity index (χ2n) is 5.26. The van der Waals surface area contributed by atoms with Crippen LogP contribution in [0.4, 0.5) is 5.69 Å². The van der Waals surface area contributed by atoms with Crippen molar-refractivity contribution in [3.05, 3.63) is 62.6 Å². The number of nitrogens with two attached hydrogens (primary N) is 1. The van der Waals surface area contributed by atoms with Crippen molar-refractivity contribution < 1.29 is 4.79 Å². The summed E-state index contributed by atoms with van der Waals surface area (Å²) in [6, 6.07) is 11.0. The van der Waals surface area contributed by atoms with Gasteiger partial charge in [0.2, 0.25) is 5.91 Å². The molecule has 22 heavy (non-hydrogen) atoms. The molecule has 2 aromatic heterocycles. The Morgan fingerprint density at radius 3 is 2.82 bits per heavy atom. The standard InChI is InChI=1S/C17H16N2O2S/c1-11-9-12-4-5-13(18)10-15(12)19(17(11)21)16(20)7-6-14-3-2-8-22-14/h2-5,8-10H,6-7,18H2,1H3. The summed E-state index contributed by atoms with van der Waals surface area (Å²) in [6.45, 7) is 1.72. The molecule has 0 aliphatic carbocycles. The first kappa shape index (κ1) is 14.5. The molecule has 0 radical (unpaired) electrons. The van der Waals surface area contributed by atoms with E-state index in [0.717, 1.165) is 10.3 Å². The van der Waals surface area contributed by atoms with Crippen LogP contribution in [0.2, 0.25) is 0 Å². The number of aromatic nitrogens is 1. The molecular weight excluding hydrogens is 296 g/mol. The summed E-state index contributed by atoms with van der Waals surface area (Å²) in [7, 11) is 0. The van der Waals surface area contributed by atoms with Crippen LogP contribution >= 0.6 is 11.3 Å². The maximum atomic E-state index is 12.6. The average Bonchev–Trinajstić information content (AvgIpc) is 3.00. The Labute approximate surface area is 131 Å². The van der Waals surface area contributed by atoms with Gasteiger partial charge in [0.25, 0.3) is 5.56 Å². The third kappa shape index (κ3) is 2.67. The van der Waals surface area contributed by atoms with Crippen LogP contribution in [-0.4, -0.2) is 10.5 Å². The molecule has 1 aromatic carbocycles. The summed E-state index contributed by atoms with van der Waals surface area (Å²) in [6.07, 6.45) is 0.939. The molecular formula is C17H16N2O2S. The molecule has 0 aliphatic heterocycles. The van der Waals surface area contributed by atoms with Crippen LogP contribution in [0.3, 0.4) is 0 Å². The van der Waals surface area contributed by atoms with Gasteiger partial charge in [0.1, 0.15) is 0 Å². The summed E-state index contributed by atoms with van der Waals surface area (Å²) in [5.41, 5.74) is 7.21. The lowest BCUT2D eigenvalue weighted by molar-refractivity contribution is 0.0904. The van der Waals surface area contributed by atoms with Crippen molar-refractivity contribution >= 4 is 33.8 Å². The number of benzene rings is 1. The van der Waals surface area contributed by atoms with Gasteiger partial charge in [0, 0.05) is 22.5 Å². The van der Waals surface area contributed by atoms with E-state index in [0.29, 0.717) is 29.6 Å². The van der Waals surface area contributed by atoms with Crippen molar-refractivity contribution in [1.29, 1.82) is 0 Å². The van der Waals surface area contributed by atoms with Crippen molar-refractivity contribution in [2.75, 3.05) is 5.73 Å². The summed E-state index contributed by atoms with van der Waals surface area (Å²) >= 11 is 1.61. The number of nitrogen functional groups attached to an aromatic ring is 1. The molecule has 4 nitrogen and oxygen atoms in total. The molecule has 0 spiro atoms. The summed E-state index contributed by atoms with van der Waals surface area (Å²) in [4.78, 5) is 26.1. The molecule has 0 unspecified atom stereocenters. The molecule has 0 atom stereocenters. The lowest BCUT2D eigenvalue weighted by Crippen LogP contribution is -2.28. The number of hydrogen-bond acceptors (Lipinski definition) is 4. The number of thiophene rings is 1. The van der Waals surface area contributed by atoms with Gasteiger partial charge in [-0.2, -0.15) is 0 Å². The van der Waals surface area contributed by atoms with Crippen molar-refractivity contribution in [3.63, 3.8) is 0 Å². The maximum Gasteiger partial charge on any atom is 0.260 e. The van der Waals surface area contributed by atoms with Crippen molar-refractivity contribution in [2.24, 2.45) is 0 Å². The molecule has 5 heteroatoms. The van der Waals surface area contributed by atoms with Gasteiger partial charge in [-0.05, 0) is 48.4 Å². The van der Waals surface area contributed by atoms with E-state index in [-0.39, 0.29) is 11.5 Å². The highest BCUT2D eigenvalue weighted by Crippen LogP contribution is 2.18. The number of aryl methyl sites for hydroxylation is 2. The number of anilines is 1. The first-order chi connectivity index (χ1) is 10.6. The number of fused-ring (bicyclic) bond motifs is 1. The fourth-order valence-electron chi connectivity index (χ4n) is 2.50. The molecule has 0 bridgehead atoms. The van der Waals surface area contributed by atoms with Crippen LogP contribution < -0.4 is 11.3 Å². The zero-order valence-electron chi connectivity index (χ0n) is 12.2. The summed E-state index contributed by atoms with van der Waals surface area (Å²) < 4.78 is 1.26. The first-order valence-electron chi connectivity index (χ1n) is 7.04. The quantitative estimate of drug-likeness (QED) is 0.755. The van der Waals surface area contributed by atoms with E-state index in [1.807, 2.05) is 23.6 Å². The topological polar surface area (TPSA) is 65.1 Å². The Morgan fingerprint density at radius 2 is 2.09 bits per heavy atom. The number of rotatable bonds is 3. The number of carbonyl (C=O) groups is 1. The van der Waals surface area contributed by atoms with Crippen molar-refractivity contribution in [2.45, 2.75) is 19.8 Å². The molecule has 0 saturated heterocycles. The molecule has 0 fully saturated rings. The second-order valence-corrected chi connectivity index (χ2v) is 6.29. The Bertz CT molecular complexity index is 895. The van der Waals surface area contributed by atoms with Crippen LogP contribution in [0, 0.1) is 6.92 Å². The van der Waals surface area contributed by atoms with Gasteiger partial charge < -0.3 is 5.73 Å². The summed E-state index contributed by atoms with van der Waals surface area (Å²) in [5, 5.41) is 2.82. The minimum Gasteiger partial charge on any atom is -0.399 e. The SMILES string of the molecule is Cc1cc2ccc(N)cc2n(C(=O)CCc2cccs2)c1=O. The lowest BCUT2D eigenvalue weighted by atomic mass is 10.1. The van der Waals surface area contributed by atoms with Crippen LogP contribution in [0.1, 0.15) is 21.7 Å². The van der Waals surface area contributed by atoms with Crippen LogP contribution in [-0.2, 0) is 6.42 Å². The lowest BCUT2D eigenvalue weighted by Gasteiger charge is -2.11. The Kier molecular flexibility index (Phi) is 3.81. The van der Waals surface area contributed by atoms with E-state index in [1.165, 1.54) is 4.57 Å². The minimum absolute atomic E-state index is 0.197. The number of nitrogens with zero attached hydrogens (tertiary/aromatic N) is 1. The molecule has 0 amide bonds. The largest absolute Gasteiger partial charge is 0.399 e. The van der Waals surface area contributed by atoms with Crippen molar-refractivity contribution in [3.8, 4) is 0 Å². The Hall–Kier alpha value is -2.40. The number of hydrogen-bond donors (Lipinski definition) is 1. The number of pyridine rings is 1. The monoisotopic (exact) mass is 312 g/mol. The highest BCUT2D eigenvalue weighted by molar-refractivity contribution is 7.09. The molecule has 0 saturated carbocycles. The van der Waals surface area contributed by atoms with Gasteiger partial charge in [-0.25, -0.2) is 4.57 Å². The van der Waals surface area contributed by atoms with Gasteiger partial charge in [0.15, 0.2) is 0 Å². The minimum atomic E-state index is -0.269. The van der Waals surface area contributed by atoms with E-state index in [2.05, 4.69) is 0 Å². The van der Waals surface area contributed by atoms with E-state index >= 15 is 0 Å². The van der Waals surface area contributed by atoms with E-state index in [4.69, 9.17) is 5.73 Å². The predicted octanol–water partition coefficient (Wildman–Crippen LogP) is 3.23. The van der Waals surface area contributed by atoms with Gasteiger partial charge in [0.05, 0.1) is 5.52 Å². The zero-order valence-corrected chi connectivity index (χ0v) is 13.0. The second kappa shape index (κ2) is 5.77. The van der Waals surface area contributed by atoms with Crippen LogP contribution in [0.15, 0.2) is 46.6 Å². The predicted molar refractivity (Wildman–Crippen MR) is 90.6 cm³/mol. The van der Waals surface area contributed by atoms with Crippen molar-refractivity contribution in [1.82, 2.24) is 4.57 Å².